The Morgan fingerprint density at radius 1 is 1.33 bits per heavy atom. The monoisotopic (exact) mass is 122 g/mol. The Bertz CT molecular complexity index is 147. The number of rotatable bonds is 3. The van der Waals surface area contributed by atoms with Crippen molar-refractivity contribution in [1.29, 1.82) is 0 Å². The fourth-order valence-electron chi connectivity index (χ4n) is 0.324. The second kappa shape index (κ2) is 4.67. The maximum atomic E-state index is 9.77. The van der Waals surface area contributed by atoms with Crippen LogP contribution >= 0.6 is 0 Å². The summed E-state index contributed by atoms with van der Waals surface area (Å²) in [5.41, 5.74) is 0. The summed E-state index contributed by atoms with van der Waals surface area (Å²) in [5.74, 6) is 4.48. The SMILES string of the molecule is C#CCN(CC#C)N=O. The first kappa shape index (κ1) is 7.52. The van der Waals surface area contributed by atoms with E-state index in [9.17, 15) is 4.91 Å². The van der Waals surface area contributed by atoms with E-state index in [2.05, 4.69) is 17.1 Å². The number of nitrogens with zero attached hydrogens (tertiary/aromatic N) is 2. The van der Waals surface area contributed by atoms with E-state index in [1.165, 1.54) is 0 Å². The van der Waals surface area contributed by atoms with Gasteiger partial charge in [-0.1, -0.05) is 11.8 Å². The number of hydrogen-bond acceptors (Lipinski definition) is 2. The van der Waals surface area contributed by atoms with Crippen LogP contribution in [0.1, 0.15) is 0 Å². The standard InChI is InChI=1S/C6H6N2O/c1-3-5-8(7-9)6-4-2/h1-2H,5-6H2. The van der Waals surface area contributed by atoms with Crippen molar-refractivity contribution in [2.75, 3.05) is 13.1 Å². The Balaban J connectivity index is 3.60. The largest absolute Gasteiger partial charge is 0.237 e. The van der Waals surface area contributed by atoms with Crippen molar-refractivity contribution >= 4 is 0 Å². The van der Waals surface area contributed by atoms with Gasteiger partial charge in [0, 0.05) is 0 Å². The normalized spacial score (nSPS) is 6.89. The van der Waals surface area contributed by atoms with Gasteiger partial charge >= 0.3 is 0 Å². The summed E-state index contributed by atoms with van der Waals surface area (Å²) in [7, 11) is 0. The third-order valence-corrected chi connectivity index (χ3v) is 0.663. The van der Waals surface area contributed by atoms with E-state index in [4.69, 9.17) is 12.8 Å². The van der Waals surface area contributed by atoms with E-state index in [1.54, 1.807) is 0 Å². The van der Waals surface area contributed by atoms with Crippen LogP contribution in [0.25, 0.3) is 0 Å². The molecule has 3 heteroatoms. The molecule has 0 heterocycles. The molecule has 0 saturated carbocycles. The summed E-state index contributed by atoms with van der Waals surface area (Å²) in [6.45, 7) is 0.349. The molecular formula is C6H6N2O. The van der Waals surface area contributed by atoms with Gasteiger partial charge in [-0.25, -0.2) is 5.01 Å². The molecule has 9 heavy (non-hydrogen) atoms. The predicted octanol–water partition coefficient (Wildman–Crippen LogP) is 0.236. The highest BCUT2D eigenvalue weighted by Crippen LogP contribution is 1.83. The van der Waals surface area contributed by atoms with Crippen molar-refractivity contribution in [2.24, 2.45) is 5.29 Å². The van der Waals surface area contributed by atoms with E-state index >= 15 is 0 Å². The fraction of sp³-hybridized carbons (Fsp3) is 0.333. The average molecular weight is 122 g/mol. The molecule has 0 aromatic heterocycles. The molecule has 0 spiro atoms. The van der Waals surface area contributed by atoms with E-state index in [0.29, 0.717) is 0 Å². The molecule has 0 atom stereocenters. The van der Waals surface area contributed by atoms with Crippen LogP contribution in [0.15, 0.2) is 5.29 Å². The Morgan fingerprint density at radius 2 is 1.78 bits per heavy atom. The summed E-state index contributed by atoms with van der Waals surface area (Å²) < 4.78 is 0. The molecular weight excluding hydrogens is 116 g/mol. The van der Waals surface area contributed by atoms with Crippen molar-refractivity contribution in [1.82, 2.24) is 5.01 Å². The zero-order valence-electron chi connectivity index (χ0n) is 4.87. The van der Waals surface area contributed by atoms with E-state index in [1.807, 2.05) is 0 Å². The van der Waals surface area contributed by atoms with Gasteiger partial charge in [-0.2, -0.15) is 0 Å². The zero-order chi connectivity index (χ0) is 7.11. The van der Waals surface area contributed by atoms with Crippen LogP contribution in [0.5, 0.6) is 0 Å². The molecule has 0 N–H and O–H groups in total. The second-order valence-corrected chi connectivity index (χ2v) is 1.31. The van der Waals surface area contributed by atoms with Crippen LogP contribution in [0, 0.1) is 29.6 Å². The number of hydrogen-bond donors (Lipinski definition) is 0. The molecule has 46 valence electrons. The molecule has 0 fully saturated rings. The maximum absolute atomic E-state index is 9.77. The minimum Gasteiger partial charge on any atom is -0.237 e. The molecule has 0 aliphatic rings. The van der Waals surface area contributed by atoms with Crippen molar-refractivity contribution in [3.05, 3.63) is 4.91 Å². The van der Waals surface area contributed by atoms with Gasteiger partial charge in [-0.15, -0.1) is 17.8 Å². The molecule has 3 nitrogen and oxygen atoms in total. The molecule has 0 rings (SSSR count). The first-order chi connectivity index (χ1) is 4.35. The summed E-state index contributed by atoms with van der Waals surface area (Å²) >= 11 is 0. The Kier molecular flexibility index (Phi) is 3.90. The van der Waals surface area contributed by atoms with Crippen molar-refractivity contribution in [3.63, 3.8) is 0 Å². The lowest BCUT2D eigenvalue weighted by Gasteiger charge is -2.04. The summed E-state index contributed by atoms with van der Waals surface area (Å²) in [5, 5.41) is 3.65. The third-order valence-electron chi connectivity index (χ3n) is 0.663. The smallest absolute Gasteiger partial charge is 0.101 e. The Hall–Kier alpha value is -1.48. The van der Waals surface area contributed by atoms with Crippen LogP contribution in [0.2, 0.25) is 0 Å². The van der Waals surface area contributed by atoms with Crippen molar-refractivity contribution in [3.8, 4) is 24.7 Å². The highest BCUT2D eigenvalue weighted by Gasteiger charge is 1.93. The first-order valence-corrected chi connectivity index (χ1v) is 2.30. The highest BCUT2D eigenvalue weighted by atomic mass is 16.3. The second-order valence-electron chi connectivity index (χ2n) is 1.31. The number of nitroso groups, excluding NO2 is 1. The van der Waals surface area contributed by atoms with E-state index in [-0.39, 0.29) is 13.1 Å². The topological polar surface area (TPSA) is 32.7 Å². The van der Waals surface area contributed by atoms with E-state index in [0.717, 1.165) is 5.01 Å². The molecule has 0 aromatic rings. The minimum atomic E-state index is 0.174. The fourth-order valence-corrected chi connectivity index (χ4v) is 0.324. The van der Waals surface area contributed by atoms with Crippen LogP contribution in [-0.2, 0) is 0 Å². The molecule has 0 aromatic carbocycles. The molecule has 0 aliphatic heterocycles. The van der Waals surface area contributed by atoms with Crippen LogP contribution in [-0.4, -0.2) is 18.1 Å². The highest BCUT2D eigenvalue weighted by molar-refractivity contribution is 4.93. The van der Waals surface area contributed by atoms with Gasteiger partial charge < -0.3 is 0 Å². The molecule has 0 radical (unpaired) electrons. The van der Waals surface area contributed by atoms with Gasteiger partial charge in [-0.05, 0) is 0 Å². The lowest BCUT2D eigenvalue weighted by atomic mass is 10.6. The number of terminal acetylenes is 2. The van der Waals surface area contributed by atoms with E-state index < -0.39 is 0 Å². The van der Waals surface area contributed by atoms with Gasteiger partial charge in [0.15, 0.2) is 0 Å². The van der Waals surface area contributed by atoms with Gasteiger partial charge in [0.1, 0.15) is 13.1 Å². The summed E-state index contributed by atoms with van der Waals surface area (Å²) in [4.78, 5) is 9.77. The third kappa shape index (κ3) is 3.13. The molecule has 0 unspecified atom stereocenters. The quantitative estimate of drug-likeness (QED) is 0.305. The zero-order valence-corrected chi connectivity index (χ0v) is 4.87. The average Bonchev–Trinajstić information content (AvgIpc) is 1.88. The Morgan fingerprint density at radius 3 is 2.00 bits per heavy atom. The summed E-state index contributed by atoms with van der Waals surface area (Å²) in [6.07, 6.45) is 9.75. The van der Waals surface area contributed by atoms with Gasteiger partial charge in [-0.3, -0.25) is 0 Å². The first-order valence-electron chi connectivity index (χ1n) is 2.30. The Labute approximate surface area is 54.0 Å². The van der Waals surface area contributed by atoms with Crippen LogP contribution in [0.3, 0.4) is 0 Å². The minimum absolute atomic E-state index is 0.174. The van der Waals surface area contributed by atoms with Gasteiger partial charge in [0.05, 0.1) is 5.29 Å². The maximum Gasteiger partial charge on any atom is 0.101 e. The molecule has 0 aliphatic carbocycles. The molecule has 0 amide bonds. The van der Waals surface area contributed by atoms with Crippen LogP contribution < -0.4 is 0 Å². The van der Waals surface area contributed by atoms with Crippen molar-refractivity contribution < 1.29 is 0 Å². The lowest BCUT2D eigenvalue weighted by molar-refractivity contribution is 0.362. The molecule has 0 saturated heterocycles. The van der Waals surface area contributed by atoms with Crippen LogP contribution in [0.4, 0.5) is 0 Å². The van der Waals surface area contributed by atoms with Gasteiger partial charge in [0.2, 0.25) is 0 Å². The molecule has 0 bridgehead atoms. The predicted molar refractivity (Wildman–Crippen MR) is 35.0 cm³/mol. The van der Waals surface area contributed by atoms with Gasteiger partial charge in [0.25, 0.3) is 0 Å². The van der Waals surface area contributed by atoms with Crippen molar-refractivity contribution in [2.45, 2.75) is 0 Å². The summed E-state index contributed by atoms with van der Waals surface area (Å²) in [6, 6.07) is 0. The lowest BCUT2D eigenvalue weighted by Crippen LogP contribution is -2.16.